The van der Waals surface area contributed by atoms with Crippen LogP contribution < -0.4 is 4.74 Å². The fraction of sp³-hybridized carbons (Fsp3) is 0. The van der Waals surface area contributed by atoms with Gasteiger partial charge in [0.25, 0.3) is 0 Å². The van der Waals surface area contributed by atoms with Gasteiger partial charge in [0.15, 0.2) is 5.78 Å². The zero-order valence-corrected chi connectivity index (χ0v) is 13.8. The normalized spacial score (nSPS) is 10.6. The SMILES string of the molecule is O=C(O)c1ccc(Oc2ccc(C=CC(=O)c3ccccc3)cc2)cc1. The van der Waals surface area contributed by atoms with Gasteiger partial charge in [-0.15, -0.1) is 0 Å². The van der Waals surface area contributed by atoms with Gasteiger partial charge in [-0.3, -0.25) is 4.79 Å². The molecule has 0 heterocycles. The molecule has 0 fully saturated rings. The zero-order chi connectivity index (χ0) is 18.4. The Morgan fingerprint density at radius 3 is 1.88 bits per heavy atom. The standard InChI is InChI=1S/C22H16O4/c23-21(17-4-2-1-3-5-17)15-8-16-6-11-19(12-7-16)26-20-13-9-18(10-14-20)22(24)25/h1-15H,(H,24,25). The van der Waals surface area contributed by atoms with Crippen molar-refractivity contribution in [2.75, 3.05) is 0 Å². The Morgan fingerprint density at radius 2 is 1.31 bits per heavy atom. The quantitative estimate of drug-likeness (QED) is 0.501. The van der Waals surface area contributed by atoms with E-state index in [2.05, 4.69) is 0 Å². The number of ketones is 1. The van der Waals surface area contributed by atoms with Crippen molar-refractivity contribution < 1.29 is 19.4 Å². The van der Waals surface area contributed by atoms with Gasteiger partial charge in [0, 0.05) is 5.56 Å². The van der Waals surface area contributed by atoms with Crippen LogP contribution in [0.25, 0.3) is 6.08 Å². The van der Waals surface area contributed by atoms with Crippen molar-refractivity contribution in [2.24, 2.45) is 0 Å². The first-order valence-electron chi connectivity index (χ1n) is 8.00. The number of allylic oxidation sites excluding steroid dienone is 1. The predicted molar refractivity (Wildman–Crippen MR) is 99.7 cm³/mol. The number of hydrogen-bond acceptors (Lipinski definition) is 3. The number of ether oxygens (including phenoxy) is 1. The molecule has 0 unspecified atom stereocenters. The summed E-state index contributed by atoms with van der Waals surface area (Å²) in [6.07, 6.45) is 3.29. The molecule has 3 rings (SSSR count). The number of carboxylic acids is 1. The first-order chi connectivity index (χ1) is 12.6. The van der Waals surface area contributed by atoms with Crippen molar-refractivity contribution in [3.05, 3.63) is 102 Å². The maximum absolute atomic E-state index is 12.0. The largest absolute Gasteiger partial charge is 0.478 e. The van der Waals surface area contributed by atoms with Crippen LogP contribution in [0.15, 0.2) is 84.9 Å². The minimum atomic E-state index is -0.974. The molecule has 128 valence electrons. The average molecular weight is 344 g/mol. The van der Waals surface area contributed by atoms with Crippen LogP contribution >= 0.6 is 0 Å². The van der Waals surface area contributed by atoms with Crippen LogP contribution in [-0.4, -0.2) is 16.9 Å². The smallest absolute Gasteiger partial charge is 0.335 e. The topological polar surface area (TPSA) is 63.6 Å². The van der Waals surface area contributed by atoms with Gasteiger partial charge in [0.05, 0.1) is 5.56 Å². The van der Waals surface area contributed by atoms with Gasteiger partial charge in [-0.1, -0.05) is 48.5 Å². The summed E-state index contributed by atoms with van der Waals surface area (Å²) in [7, 11) is 0. The molecule has 0 aliphatic carbocycles. The van der Waals surface area contributed by atoms with Gasteiger partial charge < -0.3 is 9.84 Å². The third-order valence-corrected chi connectivity index (χ3v) is 3.70. The Hall–Kier alpha value is -3.66. The highest BCUT2D eigenvalue weighted by Crippen LogP contribution is 2.22. The summed E-state index contributed by atoms with van der Waals surface area (Å²) in [4.78, 5) is 22.9. The molecular weight excluding hydrogens is 328 g/mol. The van der Waals surface area contributed by atoms with Gasteiger partial charge >= 0.3 is 5.97 Å². The summed E-state index contributed by atoms with van der Waals surface area (Å²) in [5.41, 5.74) is 1.73. The third kappa shape index (κ3) is 4.45. The van der Waals surface area contributed by atoms with E-state index in [1.807, 2.05) is 30.3 Å². The van der Waals surface area contributed by atoms with Gasteiger partial charge in [-0.2, -0.15) is 0 Å². The molecule has 26 heavy (non-hydrogen) atoms. The van der Waals surface area contributed by atoms with E-state index < -0.39 is 5.97 Å². The van der Waals surface area contributed by atoms with Crippen LogP contribution in [0.3, 0.4) is 0 Å². The molecule has 0 radical (unpaired) electrons. The fourth-order valence-electron chi connectivity index (χ4n) is 2.32. The highest BCUT2D eigenvalue weighted by Gasteiger charge is 2.03. The van der Waals surface area contributed by atoms with Gasteiger partial charge in [-0.25, -0.2) is 4.79 Å². The lowest BCUT2D eigenvalue weighted by Crippen LogP contribution is -1.95. The van der Waals surface area contributed by atoms with Crippen molar-refractivity contribution in [1.82, 2.24) is 0 Å². The first-order valence-corrected chi connectivity index (χ1v) is 8.00. The van der Waals surface area contributed by atoms with Crippen molar-refractivity contribution in [3.8, 4) is 11.5 Å². The van der Waals surface area contributed by atoms with Crippen molar-refractivity contribution in [2.45, 2.75) is 0 Å². The van der Waals surface area contributed by atoms with Gasteiger partial charge in [0.2, 0.25) is 0 Å². The summed E-state index contributed by atoms with van der Waals surface area (Å²) in [6, 6.07) is 22.5. The maximum Gasteiger partial charge on any atom is 0.335 e. The number of carbonyl (C=O) groups excluding carboxylic acids is 1. The highest BCUT2D eigenvalue weighted by atomic mass is 16.5. The minimum absolute atomic E-state index is 0.0514. The second-order valence-electron chi connectivity index (χ2n) is 5.56. The second-order valence-corrected chi connectivity index (χ2v) is 5.56. The average Bonchev–Trinajstić information content (AvgIpc) is 2.68. The number of rotatable bonds is 6. The van der Waals surface area contributed by atoms with Crippen LogP contribution in [0.1, 0.15) is 26.3 Å². The second kappa shape index (κ2) is 7.94. The van der Waals surface area contributed by atoms with Crippen LogP contribution in [0, 0.1) is 0 Å². The summed E-state index contributed by atoms with van der Waals surface area (Å²) >= 11 is 0. The zero-order valence-electron chi connectivity index (χ0n) is 13.8. The molecule has 0 bridgehead atoms. The monoisotopic (exact) mass is 344 g/mol. The van der Waals surface area contributed by atoms with E-state index in [1.54, 1.807) is 42.5 Å². The Labute approximate surface area is 151 Å². The van der Waals surface area contributed by atoms with Gasteiger partial charge in [-0.05, 0) is 48.0 Å². The predicted octanol–water partition coefficient (Wildman–Crippen LogP) is 5.07. The molecule has 3 aromatic carbocycles. The fourth-order valence-corrected chi connectivity index (χ4v) is 2.32. The summed E-state index contributed by atoms with van der Waals surface area (Å²) in [6.45, 7) is 0. The molecule has 0 saturated carbocycles. The van der Waals surface area contributed by atoms with E-state index in [1.165, 1.54) is 18.2 Å². The maximum atomic E-state index is 12.0. The summed E-state index contributed by atoms with van der Waals surface area (Å²) < 4.78 is 5.68. The van der Waals surface area contributed by atoms with E-state index in [0.29, 0.717) is 17.1 Å². The van der Waals surface area contributed by atoms with Crippen LogP contribution in [0.4, 0.5) is 0 Å². The lowest BCUT2D eigenvalue weighted by molar-refractivity contribution is 0.0696. The number of hydrogen-bond donors (Lipinski definition) is 1. The van der Waals surface area contributed by atoms with E-state index in [4.69, 9.17) is 9.84 Å². The molecule has 0 saturated heterocycles. The molecule has 0 amide bonds. The lowest BCUT2D eigenvalue weighted by Gasteiger charge is -2.06. The van der Waals surface area contributed by atoms with Crippen LogP contribution in [-0.2, 0) is 0 Å². The van der Waals surface area contributed by atoms with Crippen molar-refractivity contribution in [1.29, 1.82) is 0 Å². The molecule has 0 spiro atoms. The molecule has 4 nitrogen and oxygen atoms in total. The van der Waals surface area contributed by atoms with E-state index in [0.717, 1.165) is 5.56 Å². The molecule has 1 N–H and O–H groups in total. The summed E-state index contributed by atoms with van der Waals surface area (Å²) in [5.74, 6) is 0.152. The Kier molecular flexibility index (Phi) is 5.25. The number of aromatic carboxylic acids is 1. The molecule has 0 aliphatic heterocycles. The van der Waals surface area contributed by atoms with Crippen LogP contribution in [0.5, 0.6) is 11.5 Å². The van der Waals surface area contributed by atoms with E-state index in [-0.39, 0.29) is 11.3 Å². The molecule has 0 aromatic heterocycles. The molecule has 0 aliphatic rings. The number of benzene rings is 3. The molecular formula is C22H16O4. The number of carboxylic acid groups (broad SMARTS) is 1. The minimum Gasteiger partial charge on any atom is -0.478 e. The summed E-state index contributed by atoms with van der Waals surface area (Å²) in [5, 5.41) is 8.89. The van der Waals surface area contributed by atoms with E-state index in [9.17, 15) is 9.59 Å². The van der Waals surface area contributed by atoms with E-state index >= 15 is 0 Å². The van der Waals surface area contributed by atoms with Crippen molar-refractivity contribution >= 4 is 17.8 Å². The van der Waals surface area contributed by atoms with Crippen molar-refractivity contribution in [3.63, 3.8) is 0 Å². The highest BCUT2D eigenvalue weighted by molar-refractivity contribution is 6.06. The Bertz CT molecular complexity index is 924. The lowest BCUT2D eigenvalue weighted by atomic mass is 10.1. The first kappa shape index (κ1) is 17.2. The Balaban J connectivity index is 1.64. The molecule has 0 atom stereocenters. The van der Waals surface area contributed by atoms with Gasteiger partial charge in [0.1, 0.15) is 11.5 Å². The van der Waals surface area contributed by atoms with Crippen LogP contribution in [0.2, 0.25) is 0 Å². The molecule has 4 heteroatoms. The Morgan fingerprint density at radius 1 is 0.731 bits per heavy atom. The third-order valence-electron chi connectivity index (χ3n) is 3.70. The number of carbonyl (C=O) groups is 2. The molecule has 3 aromatic rings.